The maximum atomic E-state index is 12.5. The molecule has 0 bridgehead atoms. The molecule has 3 aromatic rings. The Morgan fingerprint density at radius 1 is 1.06 bits per heavy atom. The first-order valence-electron chi connectivity index (χ1n) is 10.5. The number of piperidine rings is 1. The molecule has 1 N–H and O–H groups in total. The van der Waals surface area contributed by atoms with Gasteiger partial charge in [0.1, 0.15) is 5.82 Å². The number of carbonyl (C=O) groups excluding carboxylic acids is 1. The van der Waals surface area contributed by atoms with Gasteiger partial charge < -0.3 is 9.88 Å². The number of carbonyl (C=O) groups is 1. The molecule has 1 aliphatic rings. The number of halogens is 2. The maximum absolute atomic E-state index is 12.5. The highest BCUT2D eigenvalue weighted by Gasteiger charge is 2.19. The molecule has 0 spiro atoms. The smallest absolute Gasteiger partial charge is 0.236 e. The summed E-state index contributed by atoms with van der Waals surface area (Å²) in [5.74, 6) is 1.15. The van der Waals surface area contributed by atoms with E-state index in [2.05, 4.69) is 42.1 Å². The standard InChI is InChI=1S/C22H24Cl2N6OS/c23-17-11-18(24)21(25-12-17)26-20(31)15-32-22-28-27-19(14-29-9-5-2-6-10-29)30(22)13-16-7-3-1-4-8-16/h1,3-4,7-8,11-12H,2,5-6,9-10,13-15H2,(H,25,26,31). The number of nitrogens with one attached hydrogen (secondary N) is 1. The molecule has 0 saturated carbocycles. The highest BCUT2D eigenvalue weighted by atomic mass is 35.5. The van der Waals surface area contributed by atoms with Crippen LogP contribution >= 0.6 is 35.0 Å². The first-order chi connectivity index (χ1) is 15.6. The molecule has 1 amide bonds. The topological polar surface area (TPSA) is 75.9 Å². The van der Waals surface area contributed by atoms with Crippen molar-refractivity contribution in [2.45, 2.75) is 37.5 Å². The Kier molecular flexibility index (Phi) is 8.02. The molecule has 32 heavy (non-hydrogen) atoms. The number of anilines is 1. The Morgan fingerprint density at radius 3 is 2.59 bits per heavy atom. The van der Waals surface area contributed by atoms with Crippen molar-refractivity contribution in [3.05, 3.63) is 64.0 Å². The minimum absolute atomic E-state index is 0.164. The van der Waals surface area contributed by atoms with Crippen molar-refractivity contribution < 1.29 is 4.79 Å². The van der Waals surface area contributed by atoms with Crippen molar-refractivity contribution in [3.63, 3.8) is 0 Å². The molecule has 3 heterocycles. The van der Waals surface area contributed by atoms with Crippen molar-refractivity contribution in [1.29, 1.82) is 0 Å². The SMILES string of the molecule is O=C(CSc1nnc(CN2CCCCC2)n1Cc1ccccc1)Nc1ncc(Cl)cc1Cl. The summed E-state index contributed by atoms with van der Waals surface area (Å²) in [5, 5.41) is 13.0. The van der Waals surface area contributed by atoms with Gasteiger partial charge in [0, 0.05) is 6.20 Å². The lowest BCUT2D eigenvalue weighted by atomic mass is 10.1. The Labute approximate surface area is 201 Å². The van der Waals surface area contributed by atoms with Gasteiger partial charge in [-0.05, 0) is 37.6 Å². The van der Waals surface area contributed by atoms with Gasteiger partial charge in [-0.3, -0.25) is 9.69 Å². The van der Waals surface area contributed by atoms with Crippen LogP contribution in [-0.4, -0.2) is 49.4 Å². The highest BCUT2D eigenvalue weighted by molar-refractivity contribution is 7.99. The number of aromatic nitrogens is 4. The summed E-state index contributed by atoms with van der Waals surface area (Å²) in [6.07, 6.45) is 5.17. The molecule has 7 nitrogen and oxygen atoms in total. The van der Waals surface area contributed by atoms with Gasteiger partial charge in [0.05, 0.1) is 28.9 Å². The molecule has 1 aliphatic heterocycles. The minimum atomic E-state index is -0.224. The predicted octanol–water partition coefficient (Wildman–Crippen LogP) is 4.74. The van der Waals surface area contributed by atoms with E-state index in [0.717, 1.165) is 31.0 Å². The highest BCUT2D eigenvalue weighted by Crippen LogP contribution is 2.24. The molecule has 1 aromatic carbocycles. The van der Waals surface area contributed by atoms with E-state index in [1.165, 1.54) is 37.2 Å². The summed E-state index contributed by atoms with van der Waals surface area (Å²) in [6, 6.07) is 11.8. The summed E-state index contributed by atoms with van der Waals surface area (Å²) in [5.41, 5.74) is 1.16. The van der Waals surface area contributed by atoms with E-state index < -0.39 is 0 Å². The van der Waals surface area contributed by atoms with Crippen LogP contribution in [0.5, 0.6) is 0 Å². The minimum Gasteiger partial charge on any atom is -0.309 e. The van der Waals surface area contributed by atoms with Gasteiger partial charge in [-0.15, -0.1) is 10.2 Å². The van der Waals surface area contributed by atoms with Crippen LogP contribution < -0.4 is 5.32 Å². The Morgan fingerprint density at radius 2 is 1.84 bits per heavy atom. The Hall–Kier alpha value is -2.13. The molecule has 0 radical (unpaired) electrons. The largest absolute Gasteiger partial charge is 0.309 e. The van der Waals surface area contributed by atoms with Gasteiger partial charge >= 0.3 is 0 Å². The van der Waals surface area contributed by atoms with E-state index >= 15 is 0 Å². The van der Waals surface area contributed by atoms with E-state index in [9.17, 15) is 4.79 Å². The van der Waals surface area contributed by atoms with Crippen LogP contribution in [0.3, 0.4) is 0 Å². The molecular formula is C22H24Cl2N6OS. The zero-order valence-electron chi connectivity index (χ0n) is 17.5. The molecular weight excluding hydrogens is 467 g/mol. The second-order valence-electron chi connectivity index (χ2n) is 7.63. The zero-order chi connectivity index (χ0) is 22.3. The maximum Gasteiger partial charge on any atom is 0.236 e. The van der Waals surface area contributed by atoms with Crippen molar-refractivity contribution in [2.75, 3.05) is 24.2 Å². The van der Waals surface area contributed by atoms with Crippen LogP contribution in [0, 0.1) is 0 Å². The van der Waals surface area contributed by atoms with Crippen LogP contribution in [-0.2, 0) is 17.9 Å². The summed E-state index contributed by atoms with van der Waals surface area (Å²) < 4.78 is 2.11. The van der Waals surface area contributed by atoms with Gasteiger partial charge in [0.25, 0.3) is 0 Å². The number of benzene rings is 1. The fourth-order valence-electron chi connectivity index (χ4n) is 3.59. The molecule has 4 rings (SSSR count). The molecule has 1 fully saturated rings. The number of thioether (sulfide) groups is 1. The zero-order valence-corrected chi connectivity index (χ0v) is 19.8. The summed E-state index contributed by atoms with van der Waals surface area (Å²) in [6.45, 7) is 3.58. The van der Waals surface area contributed by atoms with Crippen molar-refractivity contribution >= 4 is 46.7 Å². The van der Waals surface area contributed by atoms with Crippen LogP contribution in [0.25, 0.3) is 0 Å². The monoisotopic (exact) mass is 490 g/mol. The molecule has 10 heteroatoms. The third-order valence-corrected chi connectivity index (χ3v) is 6.65. The number of nitrogens with zero attached hydrogens (tertiary/aromatic N) is 5. The van der Waals surface area contributed by atoms with Crippen LogP contribution in [0.1, 0.15) is 30.7 Å². The summed E-state index contributed by atoms with van der Waals surface area (Å²) >= 11 is 13.3. The second-order valence-corrected chi connectivity index (χ2v) is 9.41. The summed E-state index contributed by atoms with van der Waals surface area (Å²) in [7, 11) is 0. The van der Waals surface area contributed by atoms with Crippen molar-refractivity contribution in [2.24, 2.45) is 0 Å². The van der Waals surface area contributed by atoms with E-state index in [1.807, 2.05) is 18.2 Å². The van der Waals surface area contributed by atoms with Gasteiger partial charge in [-0.1, -0.05) is 71.7 Å². The fraction of sp³-hybridized carbons (Fsp3) is 0.364. The predicted molar refractivity (Wildman–Crippen MR) is 128 cm³/mol. The van der Waals surface area contributed by atoms with Gasteiger partial charge in [0.15, 0.2) is 11.0 Å². The number of amides is 1. The fourth-order valence-corrected chi connectivity index (χ4v) is 4.77. The van der Waals surface area contributed by atoms with Crippen molar-refractivity contribution in [1.82, 2.24) is 24.6 Å². The third-order valence-electron chi connectivity index (χ3n) is 5.19. The van der Waals surface area contributed by atoms with Gasteiger partial charge in [-0.2, -0.15) is 0 Å². The molecule has 2 aromatic heterocycles. The number of likely N-dealkylation sites (tertiary alicyclic amines) is 1. The quantitative estimate of drug-likeness (QED) is 0.459. The van der Waals surface area contributed by atoms with E-state index in [4.69, 9.17) is 23.2 Å². The average molecular weight is 491 g/mol. The lowest BCUT2D eigenvalue weighted by Crippen LogP contribution is -2.30. The molecule has 1 saturated heterocycles. The summed E-state index contributed by atoms with van der Waals surface area (Å²) in [4.78, 5) is 19.0. The number of hydrogen-bond donors (Lipinski definition) is 1. The second kappa shape index (κ2) is 11.1. The van der Waals surface area contributed by atoms with Gasteiger partial charge in [0.2, 0.25) is 5.91 Å². The van der Waals surface area contributed by atoms with Crippen molar-refractivity contribution in [3.8, 4) is 0 Å². The lowest BCUT2D eigenvalue weighted by Gasteiger charge is -2.26. The number of pyridine rings is 1. The number of hydrogen-bond acceptors (Lipinski definition) is 6. The molecule has 168 valence electrons. The van der Waals surface area contributed by atoms with E-state index in [-0.39, 0.29) is 11.7 Å². The van der Waals surface area contributed by atoms with E-state index in [1.54, 1.807) is 6.07 Å². The number of rotatable bonds is 8. The van der Waals surface area contributed by atoms with E-state index in [0.29, 0.717) is 27.6 Å². The Balaban J connectivity index is 1.46. The van der Waals surface area contributed by atoms with Crippen LogP contribution in [0.15, 0.2) is 47.8 Å². The first-order valence-corrected chi connectivity index (χ1v) is 12.2. The molecule has 0 unspecified atom stereocenters. The molecule has 0 atom stereocenters. The first kappa shape index (κ1) is 23.0. The normalized spacial score (nSPS) is 14.4. The average Bonchev–Trinajstić information content (AvgIpc) is 3.16. The molecule has 0 aliphatic carbocycles. The lowest BCUT2D eigenvalue weighted by molar-refractivity contribution is -0.113. The third kappa shape index (κ3) is 6.22. The van der Waals surface area contributed by atoms with Crippen LogP contribution in [0.2, 0.25) is 10.0 Å². The van der Waals surface area contributed by atoms with Crippen LogP contribution in [0.4, 0.5) is 5.82 Å². The van der Waals surface area contributed by atoms with Gasteiger partial charge in [-0.25, -0.2) is 4.98 Å². The Bertz CT molecular complexity index is 1060.